The minimum absolute atomic E-state index is 0.294. The van der Waals surface area contributed by atoms with Crippen molar-refractivity contribution >= 4 is 162 Å². The van der Waals surface area contributed by atoms with E-state index in [1.54, 1.807) is 18.6 Å². The standard InChI is InChI=1S/2C18H13N.3C17H12N2.13H2/c1-12-8-9-14-13-5-2-3-6-15(13)18-16(17(14)11-12)7-4-10-19-18;1-12-6-7-15-13-4-2-3-5-14(13)16-8-9-19-11-18(16)17(15)10-12;1-11-6-7-12-13-4-2-8-18-16(13)17-14(15(12)10-11)5-3-9-19-17;1-11-2-3-12-13-4-6-18-9-16(13)14-5-7-19-10-17(14)15(12)8-11;1-11-4-5-12-13-3-2-7-19-17(13)14-6-8-18-10-16(14)15(12)9-11;;;;;;;;;;;;;/h2*2-11H,1H3;3*2-10H,1H3;13*1H/i5*1D;13*1+1D. The molecule has 0 amide bonds. The van der Waals surface area contributed by atoms with Gasteiger partial charge in [-0.25, -0.2) is 0 Å². The fourth-order valence-corrected chi connectivity index (χ4v) is 13.8. The van der Waals surface area contributed by atoms with E-state index < -0.39 is 0 Å². The van der Waals surface area contributed by atoms with E-state index >= 15 is 0 Å². The Balaban J connectivity index is 0.000000381. The summed E-state index contributed by atoms with van der Waals surface area (Å²) in [4.78, 5) is 35.2. The van der Waals surface area contributed by atoms with Crippen molar-refractivity contribution in [2.45, 2.75) is 34.5 Å². The lowest BCUT2D eigenvalue weighted by molar-refractivity contribution is 1.36. The summed E-state index contributed by atoms with van der Waals surface area (Å²) in [6.45, 7) is 1.51. The molecule has 8 nitrogen and oxygen atoms in total. The number of rotatable bonds is 0. The van der Waals surface area contributed by atoms with Crippen LogP contribution >= 0.6 is 0 Å². The number of fused-ring (bicyclic) bond motifs is 30. The molecule has 0 atom stereocenters. The highest BCUT2D eigenvalue weighted by Crippen LogP contribution is 2.39. The van der Waals surface area contributed by atoms with Crippen LogP contribution in [0, 0.1) is 34.5 Å². The quantitative estimate of drug-likeness (QED) is 0.138. The van der Waals surface area contributed by atoms with Gasteiger partial charge in [-0.3, -0.25) is 39.9 Å². The Morgan fingerprint density at radius 3 is 0.779 bits per heavy atom. The number of benzene rings is 12. The topological polar surface area (TPSA) is 103 Å². The second-order valence-electron chi connectivity index (χ2n) is 23.8. The first-order valence-corrected chi connectivity index (χ1v) is 31.3. The van der Waals surface area contributed by atoms with Crippen molar-refractivity contribution in [2.24, 2.45) is 0 Å². The van der Waals surface area contributed by atoms with Crippen molar-refractivity contribution < 1.29 is 45.5 Å². The minimum Gasteiger partial charge on any atom is -0.264 e. The molecule has 20 aromatic rings. The van der Waals surface area contributed by atoms with Gasteiger partial charge in [-0.2, -0.15) is 0 Å². The third-order valence-corrected chi connectivity index (χ3v) is 18.0. The van der Waals surface area contributed by atoms with Crippen molar-refractivity contribution in [3.8, 4) is 0 Å². The predicted molar refractivity (Wildman–Crippen MR) is 428 cm³/mol. The van der Waals surface area contributed by atoms with Gasteiger partial charge < -0.3 is 0 Å². The normalized spacial score (nSPS) is 13.2. The Morgan fingerprint density at radius 2 is 0.411 bits per heavy atom. The maximum absolute atomic E-state index is 7.57. The van der Waals surface area contributed by atoms with Crippen LogP contribution in [0.4, 0.5) is 0 Å². The number of aryl methyl sites for hydroxylation is 5. The van der Waals surface area contributed by atoms with Gasteiger partial charge in [0.25, 0.3) is 0 Å². The SMILES string of the molecule is [2H]Cc1ccc2c(c1)c1cccnc1c1ncccc21.[2H]Cc1ccc2c(c1)c1cnccc1c1ncccc21.[2H]Cc1ccc2c3ccccc3c3ccncc3c2c1.[2H]Cc1ccc2c3ccccc3c3ncccc3c2c1.[2H]Cc1ccc2c3ccncc3c3ccncc3c2c1.[2H][2H].[2H][2H].[2H][2H].[2H][2H].[2H][2H].[2H][2H].[2H][2H].[2H][2H].[2H][2H].[2H][2H].[2H][2H].[2H][2H].[2H][2H]. The zero-order valence-electron chi connectivity index (χ0n) is 82.7. The van der Waals surface area contributed by atoms with E-state index in [9.17, 15) is 0 Å². The summed E-state index contributed by atoms with van der Waals surface area (Å²) in [5, 5.41) is 30.6. The molecule has 8 heterocycles. The molecule has 0 aliphatic heterocycles. The van der Waals surface area contributed by atoms with Gasteiger partial charge >= 0.3 is 0 Å². The number of hydrogen-bond acceptors (Lipinski definition) is 8. The minimum atomic E-state index is 0.294. The zero-order chi connectivity index (χ0) is 93.6. The molecule has 0 fully saturated rings. The lowest BCUT2D eigenvalue weighted by atomic mass is 9.94. The van der Waals surface area contributed by atoms with Crippen LogP contribution in [-0.2, 0) is 0 Å². The van der Waals surface area contributed by atoms with E-state index in [2.05, 4.69) is 185 Å². The van der Waals surface area contributed by atoms with Gasteiger partial charge in [-0.1, -0.05) is 192 Å². The Labute approximate surface area is 595 Å². The third kappa shape index (κ3) is 10.5. The second kappa shape index (κ2) is 24.4. The van der Waals surface area contributed by atoms with Crippen LogP contribution in [-0.4, -0.2) is 39.9 Å². The van der Waals surface area contributed by atoms with Gasteiger partial charge in [0.15, 0.2) is 0 Å². The Bertz CT molecular complexity index is 5550. The summed E-state index contributed by atoms with van der Waals surface area (Å²) >= 11 is 0. The van der Waals surface area contributed by atoms with Crippen LogP contribution in [0.15, 0.2) is 287 Å². The largest absolute Gasteiger partial charge is 0.264 e. The Kier molecular flexibility index (Phi) is 10.6. The molecular weight excluding hydrogens is 1160 g/mol. The fraction of sp³-hybridized carbons (Fsp3) is 0.0575. The van der Waals surface area contributed by atoms with E-state index in [0.29, 0.717) is 34.5 Å². The van der Waals surface area contributed by atoms with Crippen molar-refractivity contribution in [3.05, 3.63) is 315 Å². The average molecular weight is 1280 g/mol. The number of aromatic nitrogens is 8. The van der Waals surface area contributed by atoms with E-state index in [1.807, 2.05) is 123 Å². The molecule has 20 rings (SSSR count). The maximum Gasteiger partial charge on any atom is 0.0970 e. The van der Waals surface area contributed by atoms with Crippen molar-refractivity contribution in [1.82, 2.24) is 39.9 Å². The highest BCUT2D eigenvalue weighted by atomic mass is 14.7. The van der Waals surface area contributed by atoms with Crippen LogP contribution < -0.4 is 0 Å². The van der Waals surface area contributed by atoms with Gasteiger partial charge in [0.05, 0.1) is 22.1 Å². The molecule has 0 aliphatic rings. The molecule has 0 N–H and O–H groups in total. The smallest absolute Gasteiger partial charge is 0.0970 e. The molecule has 95 heavy (non-hydrogen) atoms. The first kappa shape index (κ1) is 41.3. The summed E-state index contributed by atoms with van der Waals surface area (Å²) in [5.74, 6) is 0. The van der Waals surface area contributed by atoms with Crippen LogP contribution in [0.1, 0.15) is 73.3 Å². The van der Waals surface area contributed by atoms with Crippen LogP contribution in [0.5, 0.6) is 0 Å². The number of nitrogens with zero attached hydrogens (tertiary/aromatic N) is 8. The number of pyridine rings is 8. The maximum atomic E-state index is 7.57. The average Bonchev–Trinajstić information content (AvgIpc) is 0.774. The Morgan fingerprint density at radius 1 is 0.200 bits per heavy atom. The summed E-state index contributed by atoms with van der Waals surface area (Å²) < 4.78 is 168. The van der Waals surface area contributed by atoms with Crippen LogP contribution in [0.3, 0.4) is 0 Å². The highest BCUT2D eigenvalue weighted by Gasteiger charge is 2.14. The summed E-state index contributed by atoms with van der Waals surface area (Å²) in [7, 11) is 0. The molecule has 12 aromatic carbocycles. The van der Waals surface area contributed by atoms with E-state index in [4.69, 9.17) is 45.5 Å². The molecule has 0 saturated heterocycles. The monoisotopic (exact) mass is 1280 g/mol. The van der Waals surface area contributed by atoms with Crippen LogP contribution in [0.25, 0.3) is 162 Å². The zero-order valence-corrected chi connectivity index (χ0v) is 51.7. The highest BCUT2D eigenvalue weighted by molar-refractivity contribution is 6.28. The molecular formula is C87H88N8. The molecule has 0 aliphatic carbocycles. The number of hydrogen-bond donors (Lipinski definition) is 0. The van der Waals surface area contributed by atoms with E-state index in [0.717, 1.165) is 120 Å². The lowest BCUT2D eigenvalue weighted by Crippen LogP contribution is -1.88. The Hall–Kier alpha value is -12.3. The molecule has 476 valence electrons. The molecule has 0 radical (unpaired) electrons. The van der Waals surface area contributed by atoms with E-state index in [-0.39, 0.29) is 0 Å². The third-order valence-electron chi connectivity index (χ3n) is 18.0. The van der Waals surface area contributed by atoms with Crippen LogP contribution in [0.2, 0.25) is 0 Å². The van der Waals surface area contributed by atoms with Gasteiger partial charge in [0.1, 0.15) is 0 Å². The predicted octanol–water partition coefficient (Wildman–Crippen LogP) is 25.6. The lowest BCUT2D eigenvalue weighted by Gasteiger charge is -2.10. The van der Waals surface area contributed by atoms with Crippen molar-refractivity contribution in [3.63, 3.8) is 0 Å². The molecule has 8 aromatic heterocycles. The van der Waals surface area contributed by atoms with Gasteiger partial charge in [-0.15, -0.1) is 0 Å². The van der Waals surface area contributed by atoms with Crippen molar-refractivity contribution in [1.29, 1.82) is 0 Å². The van der Waals surface area contributed by atoms with Gasteiger partial charge in [0.2, 0.25) is 0 Å². The second-order valence-corrected chi connectivity index (χ2v) is 23.8. The fourth-order valence-electron chi connectivity index (χ4n) is 13.8. The molecule has 0 unspecified atom stereocenters. The first-order valence-electron chi connectivity index (χ1n) is 47.9. The molecule has 0 saturated carbocycles. The van der Waals surface area contributed by atoms with Gasteiger partial charge in [0, 0.05) is 174 Å². The molecule has 0 spiro atoms. The summed E-state index contributed by atoms with van der Waals surface area (Å²) in [6.07, 6.45) is 22.2. The first-order chi connectivity index (χ1) is 62.4. The van der Waals surface area contributed by atoms with E-state index in [1.165, 1.54) is 70.0 Å². The van der Waals surface area contributed by atoms with Gasteiger partial charge in [-0.05, 0) is 169 Å². The van der Waals surface area contributed by atoms with Crippen molar-refractivity contribution in [2.75, 3.05) is 0 Å². The molecule has 0 bridgehead atoms. The summed E-state index contributed by atoms with van der Waals surface area (Å²) in [6, 6.07) is 72.5. The molecule has 8 heteroatoms. The summed E-state index contributed by atoms with van der Waals surface area (Å²) in [5.41, 5.74) is 9.06.